The molecule has 0 spiro atoms. The van der Waals surface area contributed by atoms with Crippen LogP contribution < -0.4 is 4.74 Å². The first-order chi connectivity index (χ1) is 10.1. The number of hydrogen-bond acceptors (Lipinski definition) is 3. The van der Waals surface area contributed by atoms with Gasteiger partial charge in [0.05, 0.1) is 18.2 Å². The predicted molar refractivity (Wildman–Crippen MR) is 77.1 cm³/mol. The van der Waals surface area contributed by atoms with Gasteiger partial charge in [0, 0.05) is 5.56 Å². The summed E-state index contributed by atoms with van der Waals surface area (Å²) in [6, 6.07) is 12.3. The highest BCUT2D eigenvalue weighted by Crippen LogP contribution is 2.25. The lowest BCUT2D eigenvalue weighted by atomic mass is 9.92. The number of benzene rings is 2. The zero-order chi connectivity index (χ0) is 15.4. The van der Waals surface area contributed by atoms with Crippen molar-refractivity contribution in [2.24, 2.45) is 0 Å². The van der Waals surface area contributed by atoms with E-state index < -0.39 is 17.5 Å². The zero-order valence-electron chi connectivity index (χ0n) is 11.1. The molecule has 2 rings (SSSR count). The number of Topliss-reactive ketones (excluding diaryl/α,β-unsaturated/α-hetero) is 1. The molecule has 2 aromatic rings. The molecule has 0 aliphatic heterocycles. The smallest absolute Gasteiger partial charge is 0.184 e. The molecule has 0 heterocycles. The van der Waals surface area contributed by atoms with Crippen LogP contribution in [0.4, 0.5) is 4.39 Å². The van der Waals surface area contributed by atoms with Crippen LogP contribution >= 0.6 is 11.6 Å². The van der Waals surface area contributed by atoms with Crippen LogP contribution in [0.5, 0.6) is 5.75 Å². The van der Waals surface area contributed by atoms with E-state index in [2.05, 4.69) is 0 Å². The van der Waals surface area contributed by atoms with E-state index in [0.717, 1.165) is 6.07 Å². The molecule has 0 amide bonds. The third kappa shape index (κ3) is 3.21. The summed E-state index contributed by atoms with van der Waals surface area (Å²) in [4.78, 5) is 12.4. The number of rotatable bonds is 4. The van der Waals surface area contributed by atoms with E-state index in [9.17, 15) is 14.4 Å². The maximum absolute atomic E-state index is 13.4. The van der Waals surface area contributed by atoms with Crippen LogP contribution in [0.2, 0.25) is 5.02 Å². The normalized spacial score (nSPS) is 11.5. The minimum Gasteiger partial charge on any atom is -0.497 e. The molecule has 0 bridgehead atoms. The van der Waals surface area contributed by atoms with Gasteiger partial charge in [-0.1, -0.05) is 23.7 Å². The lowest BCUT2D eigenvalue weighted by molar-refractivity contribution is 0.0978. The molecule has 0 aliphatic rings. The van der Waals surface area contributed by atoms with Gasteiger partial charge < -0.3 is 4.74 Å². The number of methoxy groups -OCH3 is 1. The number of halogens is 2. The van der Waals surface area contributed by atoms with Crippen molar-refractivity contribution in [2.45, 2.75) is 5.92 Å². The van der Waals surface area contributed by atoms with Gasteiger partial charge in [0.1, 0.15) is 17.5 Å². The highest BCUT2D eigenvalue weighted by molar-refractivity contribution is 6.30. The molecule has 21 heavy (non-hydrogen) atoms. The van der Waals surface area contributed by atoms with Crippen LogP contribution in [-0.2, 0) is 0 Å². The van der Waals surface area contributed by atoms with Crippen LogP contribution in [0.25, 0.3) is 0 Å². The average molecular weight is 304 g/mol. The summed E-state index contributed by atoms with van der Waals surface area (Å²) in [5.41, 5.74) is 0.600. The molecule has 0 aromatic heterocycles. The van der Waals surface area contributed by atoms with Crippen molar-refractivity contribution in [1.82, 2.24) is 0 Å². The zero-order valence-corrected chi connectivity index (χ0v) is 11.9. The first-order valence-electron chi connectivity index (χ1n) is 6.09. The van der Waals surface area contributed by atoms with Crippen molar-refractivity contribution in [3.63, 3.8) is 0 Å². The number of hydrogen-bond donors (Lipinski definition) is 0. The molecule has 5 heteroatoms. The lowest BCUT2D eigenvalue weighted by Crippen LogP contribution is -2.11. The number of nitrogens with zero attached hydrogens (tertiary/aromatic N) is 1. The van der Waals surface area contributed by atoms with Gasteiger partial charge in [-0.15, -0.1) is 0 Å². The van der Waals surface area contributed by atoms with Crippen LogP contribution in [0, 0.1) is 17.1 Å². The summed E-state index contributed by atoms with van der Waals surface area (Å²) in [7, 11) is 1.50. The highest BCUT2D eigenvalue weighted by Gasteiger charge is 2.23. The van der Waals surface area contributed by atoms with Crippen LogP contribution in [0.3, 0.4) is 0 Å². The van der Waals surface area contributed by atoms with Crippen LogP contribution in [0.15, 0.2) is 42.5 Å². The van der Waals surface area contributed by atoms with E-state index in [0.29, 0.717) is 11.3 Å². The Kier molecular flexibility index (Phi) is 4.56. The Morgan fingerprint density at radius 2 is 2.10 bits per heavy atom. The minimum absolute atomic E-state index is 0.0681. The fourth-order valence-electron chi connectivity index (χ4n) is 1.92. The lowest BCUT2D eigenvalue weighted by Gasteiger charge is -2.10. The Morgan fingerprint density at radius 3 is 2.71 bits per heavy atom. The first kappa shape index (κ1) is 15.0. The average Bonchev–Trinajstić information content (AvgIpc) is 2.51. The van der Waals surface area contributed by atoms with Gasteiger partial charge in [-0.3, -0.25) is 4.79 Å². The second-order valence-corrected chi connectivity index (χ2v) is 4.74. The van der Waals surface area contributed by atoms with Crippen molar-refractivity contribution < 1.29 is 13.9 Å². The maximum atomic E-state index is 13.4. The van der Waals surface area contributed by atoms with E-state index in [-0.39, 0.29) is 10.6 Å². The van der Waals surface area contributed by atoms with Crippen molar-refractivity contribution in [3.8, 4) is 11.8 Å². The van der Waals surface area contributed by atoms with E-state index >= 15 is 0 Å². The van der Waals surface area contributed by atoms with Crippen LogP contribution in [-0.4, -0.2) is 12.9 Å². The maximum Gasteiger partial charge on any atom is 0.184 e. The van der Waals surface area contributed by atoms with Crippen LogP contribution in [0.1, 0.15) is 21.8 Å². The molecule has 0 radical (unpaired) electrons. The highest BCUT2D eigenvalue weighted by atomic mass is 35.5. The molecule has 2 aromatic carbocycles. The summed E-state index contributed by atoms with van der Waals surface area (Å²) < 4.78 is 18.5. The summed E-state index contributed by atoms with van der Waals surface area (Å²) >= 11 is 5.59. The number of nitriles is 1. The van der Waals surface area contributed by atoms with Gasteiger partial charge in [0.25, 0.3) is 0 Å². The molecule has 0 N–H and O–H groups in total. The Hall–Kier alpha value is -2.38. The summed E-state index contributed by atoms with van der Waals surface area (Å²) in [6.07, 6.45) is 0. The summed E-state index contributed by atoms with van der Waals surface area (Å²) in [6.45, 7) is 0. The molecule has 0 aliphatic carbocycles. The van der Waals surface area contributed by atoms with E-state index in [1.165, 1.54) is 19.2 Å². The number of carbonyl (C=O) groups excluding carboxylic acids is 1. The van der Waals surface area contributed by atoms with E-state index in [1.807, 2.05) is 6.07 Å². The van der Waals surface area contributed by atoms with Gasteiger partial charge in [0.15, 0.2) is 5.78 Å². The van der Waals surface area contributed by atoms with Crippen molar-refractivity contribution >= 4 is 17.4 Å². The minimum atomic E-state index is -1.03. The van der Waals surface area contributed by atoms with Gasteiger partial charge in [-0.2, -0.15) is 5.26 Å². The second-order valence-electron chi connectivity index (χ2n) is 4.33. The molecule has 0 fully saturated rings. The monoisotopic (exact) mass is 303 g/mol. The third-order valence-corrected chi connectivity index (χ3v) is 3.33. The fourth-order valence-corrected chi connectivity index (χ4v) is 2.04. The molecule has 0 saturated carbocycles. The molecule has 106 valence electrons. The quantitative estimate of drug-likeness (QED) is 0.803. The van der Waals surface area contributed by atoms with Crippen molar-refractivity contribution in [3.05, 3.63) is 64.4 Å². The molecule has 1 atom stereocenters. The number of ether oxygens (including phenoxy) is 1. The molecular weight excluding hydrogens is 293 g/mol. The van der Waals surface area contributed by atoms with Gasteiger partial charge >= 0.3 is 0 Å². The molecule has 3 nitrogen and oxygen atoms in total. The van der Waals surface area contributed by atoms with E-state index in [1.54, 1.807) is 24.3 Å². The standard InChI is InChI=1S/C16H11ClFNO2/c1-21-12-4-2-3-10(7-12)13(9-19)16(20)11-5-6-14(17)15(18)8-11/h2-8,13H,1H3. The topological polar surface area (TPSA) is 50.1 Å². The largest absolute Gasteiger partial charge is 0.497 e. The fraction of sp³-hybridized carbons (Fsp3) is 0.125. The van der Waals surface area contributed by atoms with Crippen molar-refractivity contribution in [2.75, 3.05) is 7.11 Å². The van der Waals surface area contributed by atoms with Gasteiger partial charge in [0.2, 0.25) is 0 Å². The Balaban J connectivity index is 2.38. The van der Waals surface area contributed by atoms with Gasteiger partial charge in [-0.05, 0) is 35.9 Å². The third-order valence-electron chi connectivity index (χ3n) is 3.02. The summed E-state index contributed by atoms with van der Waals surface area (Å²) in [5.74, 6) is -1.66. The second kappa shape index (κ2) is 6.38. The Labute approximate surface area is 126 Å². The number of ketones is 1. The predicted octanol–water partition coefficient (Wildman–Crippen LogP) is 3.98. The van der Waals surface area contributed by atoms with Gasteiger partial charge in [-0.25, -0.2) is 4.39 Å². The molecule has 0 saturated heterocycles. The first-order valence-corrected chi connectivity index (χ1v) is 6.47. The number of carbonyl (C=O) groups is 1. The van der Waals surface area contributed by atoms with E-state index in [4.69, 9.17) is 16.3 Å². The van der Waals surface area contributed by atoms with Crippen molar-refractivity contribution in [1.29, 1.82) is 5.26 Å². The summed E-state index contributed by atoms with van der Waals surface area (Å²) in [5, 5.41) is 9.20. The molecular formula is C16H11ClFNO2. The molecule has 1 unspecified atom stereocenters. The Bertz CT molecular complexity index is 724. The SMILES string of the molecule is COc1cccc(C(C#N)C(=O)c2ccc(Cl)c(F)c2)c1. The Morgan fingerprint density at radius 1 is 1.33 bits per heavy atom.